The summed E-state index contributed by atoms with van der Waals surface area (Å²) in [5.74, 6) is 0.357. The van der Waals surface area contributed by atoms with Crippen LogP contribution in [0.5, 0.6) is 5.75 Å². The highest BCUT2D eigenvalue weighted by Gasteiger charge is 2.16. The maximum absolute atomic E-state index is 11.2. The summed E-state index contributed by atoms with van der Waals surface area (Å²) in [7, 11) is 0. The fraction of sp³-hybridized carbons (Fsp3) is 0.0625. The fourth-order valence-electron chi connectivity index (χ4n) is 2.25. The minimum atomic E-state index is -0.707. The van der Waals surface area contributed by atoms with Crippen molar-refractivity contribution in [1.29, 1.82) is 0 Å². The predicted molar refractivity (Wildman–Crippen MR) is 86.6 cm³/mol. The number of rotatable bonds is 5. The van der Waals surface area contributed by atoms with E-state index in [0.29, 0.717) is 16.7 Å². The number of hydrogen-bond donors (Lipinski definition) is 0. The van der Waals surface area contributed by atoms with Gasteiger partial charge in [-0.3, -0.25) is 20.2 Å². The smallest absolute Gasteiger partial charge is 0.336 e. The lowest BCUT2D eigenvalue weighted by atomic mass is 10.2. The molecule has 0 aliphatic heterocycles. The molecule has 3 rings (SSSR count). The second kappa shape index (κ2) is 6.40. The van der Waals surface area contributed by atoms with Gasteiger partial charge in [0.2, 0.25) is 0 Å². The zero-order valence-electron chi connectivity index (χ0n) is 12.6. The molecule has 0 bridgehead atoms. The fourth-order valence-corrected chi connectivity index (χ4v) is 2.25. The highest BCUT2D eigenvalue weighted by Crippen LogP contribution is 2.25. The molecule has 25 heavy (non-hydrogen) atoms. The molecule has 0 radical (unpaired) electrons. The molecule has 0 fully saturated rings. The van der Waals surface area contributed by atoms with Gasteiger partial charge in [-0.2, -0.15) is 0 Å². The van der Waals surface area contributed by atoms with Crippen LogP contribution in [0.2, 0.25) is 0 Å². The lowest BCUT2D eigenvalue weighted by molar-refractivity contribution is -0.394. The zero-order valence-corrected chi connectivity index (χ0v) is 12.6. The van der Waals surface area contributed by atoms with E-state index in [2.05, 4.69) is 0 Å². The molecule has 9 heteroatoms. The van der Waals surface area contributed by atoms with Crippen LogP contribution in [0.15, 0.2) is 57.7 Å². The number of fused-ring (bicyclic) bond motifs is 1. The van der Waals surface area contributed by atoms with Crippen LogP contribution < -0.4 is 10.4 Å². The number of ether oxygens (including phenoxy) is 1. The third-order valence-corrected chi connectivity index (χ3v) is 3.38. The van der Waals surface area contributed by atoms with Gasteiger partial charge in [0.25, 0.3) is 11.4 Å². The van der Waals surface area contributed by atoms with Gasteiger partial charge in [0.15, 0.2) is 0 Å². The van der Waals surface area contributed by atoms with Crippen molar-refractivity contribution in [2.45, 2.75) is 6.61 Å². The second-order valence-electron chi connectivity index (χ2n) is 5.11. The van der Waals surface area contributed by atoms with Crippen LogP contribution in [0.25, 0.3) is 11.0 Å². The van der Waals surface area contributed by atoms with Gasteiger partial charge in [-0.05, 0) is 18.2 Å². The molecular formula is C16H10N2O7. The molecule has 0 spiro atoms. The minimum absolute atomic E-state index is 0.120. The first-order valence-corrected chi connectivity index (χ1v) is 7.02. The number of nitro benzene ring substituents is 2. The van der Waals surface area contributed by atoms with Gasteiger partial charge in [-0.1, -0.05) is 0 Å². The summed E-state index contributed by atoms with van der Waals surface area (Å²) in [6.45, 7) is -0.120. The van der Waals surface area contributed by atoms with E-state index in [1.165, 1.54) is 24.3 Å². The van der Waals surface area contributed by atoms with Crippen LogP contribution in [0.1, 0.15) is 5.56 Å². The van der Waals surface area contributed by atoms with Gasteiger partial charge in [0.1, 0.15) is 17.9 Å². The SMILES string of the molecule is O=c1ccc2ccc(OCc3cc([N+](=O)[O-])cc([N+](=O)[O-])c3)cc2o1. The Morgan fingerprint density at radius 3 is 2.20 bits per heavy atom. The zero-order chi connectivity index (χ0) is 18.0. The molecule has 1 heterocycles. The van der Waals surface area contributed by atoms with Crippen LogP contribution in [0, 0.1) is 20.2 Å². The monoisotopic (exact) mass is 342 g/mol. The first-order chi connectivity index (χ1) is 11.9. The Balaban J connectivity index is 1.86. The van der Waals surface area contributed by atoms with Crippen molar-refractivity contribution >= 4 is 22.3 Å². The molecule has 0 aliphatic carbocycles. The van der Waals surface area contributed by atoms with E-state index in [4.69, 9.17) is 9.15 Å². The molecule has 3 aromatic rings. The lowest BCUT2D eigenvalue weighted by Crippen LogP contribution is -2.00. The van der Waals surface area contributed by atoms with E-state index >= 15 is 0 Å². The standard InChI is InChI=1S/C16H10N2O7/c19-16-4-2-11-1-3-14(8-15(11)25-16)24-9-10-5-12(17(20)21)7-13(6-10)18(22)23/h1-8H,9H2. The van der Waals surface area contributed by atoms with Crippen molar-refractivity contribution in [3.63, 3.8) is 0 Å². The van der Waals surface area contributed by atoms with E-state index < -0.39 is 26.8 Å². The maximum atomic E-state index is 11.2. The van der Waals surface area contributed by atoms with Crippen LogP contribution in [-0.2, 0) is 6.61 Å². The molecule has 126 valence electrons. The second-order valence-corrected chi connectivity index (χ2v) is 5.11. The Labute approximate surface area is 139 Å². The summed E-state index contributed by atoms with van der Waals surface area (Å²) in [4.78, 5) is 31.6. The molecule has 9 nitrogen and oxygen atoms in total. The summed E-state index contributed by atoms with van der Waals surface area (Å²) in [5, 5.41) is 22.5. The van der Waals surface area contributed by atoms with Crippen molar-refractivity contribution < 1.29 is 19.0 Å². The summed E-state index contributed by atoms with van der Waals surface area (Å²) < 4.78 is 10.5. The highest BCUT2D eigenvalue weighted by atomic mass is 16.6. The van der Waals surface area contributed by atoms with E-state index in [0.717, 1.165) is 6.07 Å². The number of nitro groups is 2. The Morgan fingerprint density at radius 1 is 0.920 bits per heavy atom. The summed E-state index contributed by atoms with van der Waals surface area (Å²) >= 11 is 0. The number of nitrogens with zero attached hydrogens (tertiary/aromatic N) is 2. The third-order valence-electron chi connectivity index (χ3n) is 3.38. The minimum Gasteiger partial charge on any atom is -0.489 e. The average molecular weight is 342 g/mol. The normalized spacial score (nSPS) is 10.6. The van der Waals surface area contributed by atoms with Crippen LogP contribution >= 0.6 is 0 Å². The molecule has 0 unspecified atom stereocenters. The topological polar surface area (TPSA) is 126 Å². The molecule has 0 saturated heterocycles. The first kappa shape index (κ1) is 16.1. The number of benzene rings is 2. The molecule has 0 atom stereocenters. The van der Waals surface area contributed by atoms with Crippen LogP contribution in [0.4, 0.5) is 11.4 Å². The van der Waals surface area contributed by atoms with Crippen LogP contribution in [0.3, 0.4) is 0 Å². The van der Waals surface area contributed by atoms with Crippen molar-refractivity contribution in [2.75, 3.05) is 0 Å². The molecular weight excluding hydrogens is 332 g/mol. The molecule has 1 aromatic heterocycles. The first-order valence-electron chi connectivity index (χ1n) is 7.02. The largest absolute Gasteiger partial charge is 0.489 e. The van der Waals surface area contributed by atoms with E-state index in [1.807, 2.05) is 0 Å². The van der Waals surface area contributed by atoms with Gasteiger partial charge in [0, 0.05) is 35.2 Å². The Kier molecular flexibility index (Phi) is 4.12. The highest BCUT2D eigenvalue weighted by molar-refractivity contribution is 5.77. The molecule has 0 N–H and O–H groups in total. The van der Waals surface area contributed by atoms with E-state index in [1.54, 1.807) is 18.2 Å². The van der Waals surface area contributed by atoms with E-state index in [9.17, 15) is 25.0 Å². The van der Waals surface area contributed by atoms with Gasteiger partial charge in [-0.15, -0.1) is 0 Å². The number of hydrogen-bond acceptors (Lipinski definition) is 7. The third kappa shape index (κ3) is 3.61. The van der Waals surface area contributed by atoms with Crippen molar-refractivity contribution in [1.82, 2.24) is 0 Å². The molecule has 2 aromatic carbocycles. The van der Waals surface area contributed by atoms with Crippen molar-refractivity contribution in [2.24, 2.45) is 0 Å². The van der Waals surface area contributed by atoms with Gasteiger partial charge in [0.05, 0.1) is 15.9 Å². The maximum Gasteiger partial charge on any atom is 0.336 e. The van der Waals surface area contributed by atoms with Gasteiger partial charge >= 0.3 is 5.63 Å². The molecule has 0 saturated carbocycles. The van der Waals surface area contributed by atoms with Crippen molar-refractivity contribution in [3.8, 4) is 5.75 Å². The van der Waals surface area contributed by atoms with E-state index in [-0.39, 0.29) is 12.2 Å². The van der Waals surface area contributed by atoms with Gasteiger partial charge in [-0.25, -0.2) is 4.79 Å². The van der Waals surface area contributed by atoms with Crippen molar-refractivity contribution in [3.05, 3.63) is 84.7 Å². The average Bonchev–Trinajstić information content (AvgIpc) is 2.59. The number of non-ortho nitro benzene ring substituents is 2. The Hall–Kier alpha value is -3.75. The Bertz CT molecular complexity index is 1010. The quantitative estimate of drug-likeness (QED) is 0.396. The molecule has 0 aliphatic rings. The van der Waals surface area contributed by atoms with Crippen LogP contribution in [-0.4, -0.2) is 9.85 Å². The summed E-state index contributed by atoms with van der Waals surface area (Å²) in [6, 6.07) is 11.0. The summed E-state index contributed by atoms with van der Waals surface area (Å²) in [5.41, 5.74) is -0.681. The predicted octanol–water partition coefficient (Wildman–Crippen LogP) is 3.19. The Morgan fingerprint density at radius 2 is 1.56 bits per heavy atom. The summed E-state index contributed by atoms with van der Waals surface area (Å²) in [6.07, 6.45) is 0. The molecule has 0 amide bonds. The van der Waals surface area contributed by atoms with Gasteiger partial charge < -0.3 is 9.15 Å². The lowest BCUT2D eigenvalue weighted by Gasteiger charge is -2.07.